The molecule has 0 atom stereocenters. The van der Waals surface area contributed by atoms with E-state index in [4.69, 9.17) is 15.7 Å². The lowest BCUT2D eigenvalue weighted by molar-refractivity contribution is 0.318. The molecule has 0 saturated carbocycles. The number of halogens is 1. The minimum absolute atomic E-state index is 0.0579. The van der Waals surface area contributed by atoms with Crippen LogP contribution in [0.4, 0.5) is 0 Å². The van der Waals surface area contributed by atoms with E-state index in [-0.39, 0.29) is 5.84 Å². The standard InChI is InChI=1S/C13H12BrN3O2/c1-8-7-9(5-6-10(8)14)19-12-4-2-3-11(16-12)13(15)17-18/h2-7,18H,1H3,(H2,15,17). The van der Waals surface area contributed by atoms with Crippen LogP contribution in [0.2, 0.25) is 0 Å². The molecule has 1 aromatic carbocycles. The summed E-state index contributed by atoms with van der Waals surface area (Å²) in [6.45, 7) is 1.97. The highest BCUT2D eigenvalue weighted by molar-refractivity contribution is 9.10. The van der Waals surface area contributed by atoms with Crippen molar-refractivity contribution in [1.29, 1.82) is 0 Å². The molecule has 0 spiro atoms. The summed E-state index contributed by atoms with van der Waals surface area (Å²) in [5, 5.41) is 11.5. The molecule has 0 amide bonds. The Morgan fingerprint density at radius 1 is 1.37 bits per heavy atom. The van der Waals surface area contributed by atoms with Gasteiger partial charge >= 0.3 is 0 Å². The summed E-state index contributed by atoms with van der Waals surface area (Å²) in [5.74, 6) is 0.994. The molecule has 0 aliphatic carbocycles. The van der Waals surface area contributed by atoms with Gasteiger partial charge in [-0.3, -0.25) is 0 Å². The largest absolute Gasteiger partial charge is 0.439 e. The highest BCUT2D eigenvalue weighted by Crippen LogP contribution is 2.25. The first-order valence-electron chi connectivity index (χ1n) is 5.49. The van der Waals surface area contributed by atoms with Gasteiger partial charge in [0, 0.05) is 10.5 Å². The molecule has 0 bridgehead atoms. The molecule has 0 aliphatic rings. The third kappa shape index (κ3) is 3.23. The molecule has 6 heteroatoms. The average molecular weight is 322 g/mol. The van der Waals surface area contributed by atoms with Crippen LogP contribution in [0.15, 0.2) is 46.0 Å². The van der Waals surface area contributed by atoms with E-state index in [1.165, 1.54) is 0 Å². The topological polar surface area (TPSA) is 80.7 Å². The van der Waals surface area contributed by atoms with Crippen LogP contribution in [0, 0.1) is 6.92 Å². The first kappa shape index (κ1) is 13.4. The lowest BCUT2D eigenvalue weighted by Crippen LogP contribution is -2.14. The SMILES string of the molecule is Cc1cc(Oc2cccc(/C(N)=N/O)n2)ccc1Br. The molecular formula is C13H12BrN3O2. The zero-order chi connectivity index (χ0) is 13.8. The minimum atomic E-state index is -0.0579. The Bertz CT molecular complexity index is 629. The predicted octanol–water partition coefficient (Wildman–Crippen LogP) is 3.04. The van der Waals surface area contributed by atoms with Crippen LogP contribution >= 0.6 is 15.9 Å². The number of nitrogens with zero attached hydrogens (tertiary/aromatic N) is 2. The molecule has 2 rings (SSSR count). The molecule has 5 nitrogen and oxygen atoms in total. The third-order valence-corrected chi connectivity index (χ3v) is 3.34. The molecule has 1 aromatic heterocycles. The van der Waals surface area contributed by atoms with Crippen molar-refractivity contribution in [2.75, 3.05) is 0 Å². The Morgan fingerprint density at radius 3 is 2.84 bits per heavy atom. The fourth-order valence-electron chi connectivity index (χ4n) is 1.47. The zero-order valence-corrected chi connectivity index (χ0v) is 11.8. The summed E-state index contributed by atoms with van der Waals surface area (Å²) in [4.78, 5) is 4.14. The molecule has 0 aliphatic heterocycles. The lowest BCUT2D eigenvalue weighted by Gasteiger charge is -2.07. The van der Waals surface area contributed by atoms with Gasteiger partial charge < -0.3 is 15.7 Å². The van der Waals surface area contributed by atoms with E-state index in [1.54, 1.807) is 18.2 Å². The van der Waals surface area contributed by atoms with Crippen molar-refractivity contribution < 1.29 is 9.94 Å². The van der Waals surface area contributed by atoms with E-state index in [1.807, 2.05) is 25.1 Å². The number of aromatic nitrogens is 1. The van der Waals surface area contributed by atoms with Crippen LogP contribution in [0.3, 0.4) is 0 Å². The van der Waals surface area contributed by atoms with Gasteiger partial charge in [-0.1, -0.05) is 27.2 Å². The van der Waals surface area contributed by atoms with Gasteiger partial charge in [-0.2, -0.15) is 0 Å². The number of benzene rings is 1. The molecule has 0 fully saturated rings. The summed E-state index contributed by atoms with van der Waals surface area (Å²) in [6.07, 6.45) is 0. The number of hydrogen-bond acceptors (Lipinski definition) is 4. The van der Waals surface area contributed by atoms with Crippen molar-refractivity contribution in [3.8, 4) is 11.6 Å². The number of nitrogens with two attached hydrogens (primary N) is 1. The fourth-order valence-corrected chi connectivity index (χ4v) is 1.71. The Morgan fingerprint density at radius 2 is 2.16 bits per heavy atom. The van der Waals surface area contributed by atoms with Gasteiger partial charge in [-0.25, -0.2) is 4.98 Å². The first-order chi connectivity index (χ1) is 9.10. The Balaban J connectivity index is 2.26. The predicted molar refractivity (Wildman–Crippen MR) is 75.7 cm³/mol. The van der Waals surface area contributed by atoms with Crippen LogP contribution in [-0.4, -0.2) is 16.0 Å². The van der Waals surface area contributed by atoms with Crippen molar-refractivity contribution in [2.24, 2.45) is 10.9 Å². The summed E-state index contributed by atoms with van der Waals surface area (Å²) >= 11 is 3.42. The summed E-state index contributed by atoms with van der Waals surface area (Å²) in [7, 11) is 0. The van der Waals surface area contributed by atoms with Gasteiger partial charge in [-0.05, 0) is 36.8 Å². The minimum Gasteiger partial charge on any atom is -0.439 e. The number of pyridine rings is 1. The van der Waals surface area contributed by atoms with Crippen molar-refractivity contribution in [1.82, 2.24) is 4.98 Å². The number of rotatable bonds is 3. The van der Waals surface area contributed by atoms with Crippen molar-refractivity contribution in [3.63, 3.8) is 0 Å². The Labute approximate surface area is 118 Å². The van der Waals surface area contributed by atoms with Gasteiger partial charge in [0.15, 0.2) is 5.84 Å². The lowest BCUT2D eigenvalue weighted by atomic mass is 10.2. The quantitative estimate of drug-likeness (QED) is 0.394. The third-order valence-electron chi connectivity index (χ3n) is 2.45. The fraction of sp³-hybridized carbons (Fsp3) is 0.0769. The van der Waals surface area contributed by atoms with E-state index in [2.05, 4.69) is 26.1 Å². The van der Waals surface area contributed by atoms with E-state index < -0.39 is 0 Å². The molecule has 0 unspecified atom stereocenters. The number of ether oxygens (including phenoxy) is 1. The van der Waals surface area contributed by atoms with Crippen LogP contribution in [0.1, 0.15) is 11.3 Å². The smallest absolute Gasteiger partial charge is 0.219 e. The first-order valence-corrected chi connectivity index (χ1v) is 6.28. The maximum absolute atomic E-state index is 8.61. The molecule has 3 N–H and O–H groups in total. The second-order valence-electron chi connectivity index (χ2n) is 3.86. The average Bonchev–Trinajstić information content (AvgIpc) is 2.42. The van der Waals surface area contributed by atoms with E-state index in [9.17, 15) is 0 Å². The Kier molecular flexibility index (Phi) is 4.01. The van der Waals surface area contributed by atoms with Gasteiger partial charge in [0.25, 0.3) is 0 Å². The van der Waals surface area contributed by atoms with Crippen molar-refractivity contribution >= 4 is 21.8 Å². The summed E-state index contributed by atoms with van der Waals surface area (Å²) in [5.41, 5.74) is 6.89. The molecule has 0 radical (unpaired) electrons. The number of aryl methyl sites for hydroxylation is 1. The van der Waals surface area contributed by atoms with Gasteiger partial charge in [0.2, 0.25) is 5.88 Å². The van der Waals surface area contributed by atoms with Crippen LogP contribution in [-0.2, 0) is 0 Å². The number of amidine groups is 1. The summed E-state index contributed by atoms with van der Waals surface area (Å²) in [6, 6.07) is 10.7. The van der Waals surface area contributed by atoms with Gasteiger partial charge in [-0.15, -0.1) is 0 Å². The van der Waals surface area contributed by atoms with Crippen LogP contribution in [0.25, 0.3) is 0 Å². The zero-order valence-electron chi connectivity index (χ0n) is 10.2. The van der Waals surface area contributed by atoms with Crippen molar-refractivity contribution in [3.05, 3.63) is 52.1 Å². The van der Waals surface area contributed by atoms with Gasteiger partial charge in [0.05, 0.1) is 0 Å². The molecule has 98 valence electrons. The van der Waals surface area contributed by atoms with Gasteiger partial charge in [0.1, 0.15) is 11.4 Å². The number of hydrogen-bond donors (Lipinski definition) is 2. The molecule has 2 aromatic rings. The maximum Gasteiger partial charge on any atom is 0.219 e. The highest BCUT2D eigenvalue weighted by atomic mass is 79.9. The summed E-state index contributed by atoms with van der Waals surface area (Å²) < 4.78 is 6.64. The molecule has 1 heterocycles. The monoisotopic (exact) mass is 321 g/mol. The van der Waals surface area contributed by atoms with Crippen LogP contribution in [0.5, 0.6) is 11.6 Å². The van der Waals surface area contributed by atoms with E-state index >= 15 is 0 Å². The second kappa shape index (κ2) is 5.71. The number of oxime groups is 1. The second-order valence-corrected chi connectivity index (χ2v) is 4.71. The normalized spacial score (nSPS) is 11.4. The molecular weight excluding hydrogens is 310 g/mol. The van der Waals surface area contributed by atoms with E-state index in [0.717, 1.165) is 10.0 Å². The van der Waals surface area contributed by atoms with E-state index in [0.29, 0.717) is 17.3 Å². The molecule has 19 heavy (non-hydrogen) atoms. The highest BCUT2D eigenvalue weighted by Gasteiger charge is 2.05. The maximum atomic E-state index is 8.61. The van der Waals surface area contributed by atoms with Crippen molar-refractivity contribution in [2.45, 2.75) is 6.92 Å². The Hall–Kier alpha value is -2.08. The van der Waals surface area contributed by atoms with Crippen LogP contribution < -0.4 is 10.5 Å². The molecule has 0 saturated heterocycles.